The molecule has 2 aromatic carbocycles. The van der Waals surface area contributed by atoms with Gasteiger partial charge in [-0.15, -0.1) is 0 Å². The average molecular weight is 359 g/mol. The summed E-state index contributed by atoms with van der Waals surface area (Å²) in [6.45, 7) is 11.6. The van der Waals surface area contributed by atoms with E-state index in [0.29, 0.717) is 0 Å². The highest BCUT2D eigenvalue weighted by Crippen LogP contribution is 2.73. The third kappa shape index (κ3) is 2.60. The summed E-state index contributed by atoms with van der Waals surface area (Å²) >= 11 is 0. The van der Waals surface area contributed by atoms with E-state index in [0.717, 1.165) is 22.8 Å². The predicted octanol–water partition coefficient (Wildman–Crippen LogP) is 5.18. The lowest BCUT2D eigenvalue weighted by atomic mass is 10.0. The van der Waals surface area contributed by atoms with Gasteiger partial charge in [-0.1, -0.05) is 12.1 Å². The molecule has 0 amide bonds. The van der Waals surface area contributed by atoms with E-state index in [-0.39, 0.29) is 11.0 Å². The highest BCUT2D eigenvalue weighted by molar-refractivity contribution is 7.84. The first kappa shape index (κ1) is 18.1. The lowest BCUT2D eigenvalue weighted by molar-refractivity contribution is 0.310. The van der Waals surface area contributed by atoms with Crippen LogP contribution in [0.2, 0.25) is 0 Å². The molecule has 0 aliphatic carbocycles. The topological polar surface area (TPSA) is 27.7 Å². The Morgan fingerprint density at radius 2 is 1.52 bits per heavy atom. The van der Waals surface area contributed by atoms with Gasteiger partial charge in [0.2, 0.25) is 5.85 Å². The van der Waals surface area contributed by atoms with E-state index in [2.05, 4.69) is 52.6 Å². The maximum atomic E-state index is 6.33. The van der Waals surface area contributed by atoms with Crippen LogP contribution >= 0.6 is 7.26 Å². The predicted molar refractivity (Wildman–Crippen MR) is 107 cm³/mol. The number of fused-ring (bicyclic) bond motifs is 1. The Kier molecular flexibility index (Phi) is 4.49. The molecule has 3 nitrogen and oxygen atoms in total. The van der Waals surface area contributed by atoms with Crippen molar-refractivity contribution < 1.29 is 14.2 Å². The van der Waals surface area contributed by atoms with Crippen molar-refractivity contribution in [3.63, 3.8) is 0 Å². The van der Waals surface area contributed by atoms with Crippen LogP contribution in [0.15, 0.2) is 36.4 Å². The first-order chi connectivity index (χ1) is 11.8. The fourth-order valence-corrected chi connectivity index (χ4v) is 7.49. The first-order valence-electron chi connectivity index (χ1n) is 8.63. The molecule has 4 heteroatoms. The minimum Gasteiger partial charge on any atom is -0.496 e. The summed E-state index contributed by atoms with van der Waals surface area (Å²) in [7, 11) is 1.83. The van der Waals surface area contributed by atoms with Gasteiger partial charge in [0.25, 0.3) is 0 Å². The zero-order chi connectivity index (χ0) is 18.4. The van der Waals surface area contributed by atoms with E-state index in [1.165, 1.54) is 10.9 Å². The number of ether oxygens (including phenoxy) is 3. The Hall–Kier alpha value is -1.73. The lowest BCUT2D eigenvalue weighted by Crippen LogP contribution is -2.32. The number of hydrogen-bond donors (Lipinski definition) is 0. The molecular weight excluding hydrogens is 331 g/mol. The second kappa shape index (κ2) is 6.21. The summed E-state index contributed by atoms with van der Waals surface area (Å²) in [6, 6.07) is 12.3. The van der Waals surface area contributed by atoms with Crippen LogP contribution in [0.5, 0.6) is 17.2 Å². The maximum Gasteiger partial charge on any atom is 0.208 e. The molecule has 1 aliphatic heterocycles. The fraction of sp³-hybridized carbons (Fsp3) is 0.429. The van der Waals surface area contributed by atoms with Gasteiger partial charge in [-0.05, 0) is 45.0 Å². The summed E-state index contributed by atoms with van der Waals surface area (Å²) in [6.07, 6.45) is 0. The second-order valence-electron chi connectivity index (χ2n) is 7.65. The van der Waals surface area contributed by atoms with Crippen LogP contribution in [0, 0.1) is 0 Å². The van der Waals surface area contributed by atoms with E-state index in [1.54, 1.807) is 14.2 Å². The zero-order valence-electron chi connectivity index (χ0n) is 16.2. The molecule has 0 N–H and O–H groups in total. The molecule has 1 heterocycles. The molecule has 0 aromatic heterocycles. The largest absolute Gasteiger partial charge is 0.496 e. The fourth-order valence-electron chi connectivity index (χ4n) is 3.77. The average Bonchev–Trinajstić information content (AvgIpc) is 2.86. The van der Waals surface area contributed by atoms with E-state index >= 15 is 0 Å². The molecule has 2 atom stereocenters. The van der Waals surface area contributed by atoms with Crippen molar-refractivity contribution >= 4 is 12.6 Å². The normalized spacial score (nSPS) is 22.3. The van der Waals surface area contributed by atoms with Crippen molar-refractivity contribution in [2.24, 2.45) is 0 Å². The monoisotopic (exact) mass is 359 g/mol. The van der Waals surface area contributed by atoms with Crippen LogP contribution in [0.25, 0.3) is 11.1 Å². The minimum atomic E-state index is -1.58. The Morgan fingerprint density at radius 1 is 0.960 bits per heavy atom. The Morgan fingerprint density at radius 3 is 2.04 bits per heavy atom. The van der Waals surface area contributed by atoms with Crippen molar-refractivity contribution in [2.45, 2.75) is 38.7 Å². The molecule has 3 rings (SSSR count). The standard InChI is InChI=1S/C21H28O3P/c1-14-24-18-13-8-10-15(20(18)25(14,7)21(2,3)4)19-16(22-5)11-9-12-17(19)23-6/h8-14H,1-7H3/q+1. The SMILES string of the molecule is COc1cccc(OC)c1-c1cccc2c1[P+](C)(C(C)(C)C)C(C)O2. The number of hydrogen-bond acceptors (Lipinski definition) is 3. The molecule has 134 valence electrons. The lowest BCUT2D eigenvalue weighted by Gasteiger charge is -2.34. The zero-order valence-corrected chi connectivity index (χ0v) is 17.1. The molecule has 2 unspecified atom stereocenters. The van der Waals surface area contributed by atoms with Gasteiger partial charge < -0.3 is 14.2 Å². The van der Waals surface area contributed by atoms with Gasteiger partial charge in [0, 0.05) is 12.5 Å². The highest BCUT2D eigenvalue weighted by Gasteiger charge is 2.59. The molecule has 0 radical (unpaired) electrons. The molecule has 1 aliphatic rings. The number of rotatable bonds is 3. The van der Waals surface area contributed by atoms with Crippen molar-refractivity contribution in [3.8, 4) is 28.4 Å². The van der Waals surface area contributed by atoms with Gasteiger partial charge in [-0.3, -0.25) is 0 Å². The number of benzene rings is 2. The first-order valence-corrected chi connectivity index (χ1v) is 10.9. The van der Waals surface area contributed by atoms with Crippen LogP contribution in [0.1, 0.15) is 27.7 Å². The molecule has 25 heavy (non-hydrogen) atoms. The number of methoxy groups -OCH3 is 2. The summed E-state index contributed by atoms with van der Waals surface area (Å²) in [4.78, 5) is 0. The van der Waals surface area contributed by atoms with Gasteiger partial charge in [0.1, 0.15) is 16.8 Å². The van der Waals surface area contributed by atoms with Crippen LogP contribution in [-0.4, -0.2) is 31.9 Å². The van der Waals surface area contributed by atoms with Gasteiger partial charge in [-0.2, -0.15) is 0 Å². The van der Waals surface area contributed by atoms with E-state index in [1.807, 2.05) is 18.2 Å². The van der Waals surface area contributed by atoms with Gasteiger partial charge in [0.05, 0.1) is 38.9 Å². The Bertz CT molecular complexity index is 772. The van der Waals surface area contributed by atoms with Crippen LogP contribution in [-0.2, 0) is 0 Å². The third-order valence-electron chi connectivity index (χ3n) is 5.58. The van der Waals surface area contributed by atoms with Crippen molar-refractivity contribution in [2.75, 3.05) is 20.9 Å². The van der Waals surface area contributed by atoms with Crippen molar-refractivity contribution in [1.29, 1.82) is 0 Å². The van der Waals surface area contributed by atoms with E-state index < -0.39 is 7.26 Å². The molecule has 0 spiro atoms. The summed E-state index contributed by atoms with van der Waals surface area (Å²) in [5, 5.41) is 1.49. The second-order valence-corrected chi connectivity index (χ2v) is 12.3. The minimum absolute atomic E-state index is 0.142. The van der Waals surface area contributed by atoms with Gasteiger partial charge >= 0.3 is 0 Å². The molecular formula is C21H28O3P+. The van der Waals surface area contributed by atoms with Crippen molar-refractivity contribution in [1.82, 2.24) is 0 Å². The highest BCUT2D eigenvalue weighted by atomic mass is 31.2. The van der Waals surface area contributed by atoms with Crippen LogP contribution < -0.4 is 19.5 Å². The van der Waals surface area contributed by atoms with Crippen LogP contribution in [0.4, 0.5) is 0 Å². The molecule has 0 saturated carbocycles. The maximum absolute atomic E-state index is 6.33. The third-order valence-corrected chi connectivity index (χ3v) is 11.3. The van der Waals surface area contributed by atoms with Gasteiger partial charge in [-0.25, -0.2) is 0 Å². The summed E-state index contributed by atoms with van der Waals surface area (Å²) in [5.41, 5.74) is 2.18. The summed E-state index contributed by atoms with van der Waals surface area (Å²) in [5.74, 6) is 2.86. The summed E-state index contributed by atoms with van der Waals surface area (Å²) < 4.78 is 17.7. The molecule has 0 saturated heterocycles. The van der Waals surface area contributed by atoms with Gasteiger partial charge in [0.15, 0.2) is 5.75 Å². The molecule has 0 fully saturated rings. The molecule has 2 aromatic rings. The Labute approximate surface area is 151 Å². The van der Waals surface area contributed by atoms with Crippen LogP contribution in [0.3, 0.4) is 0 Å². The molecule has 0 bridgehead atoms. The van der Waals surface area contributed by atoms with E-state index in [4.69, 9.17) is 14.2 Å². The smallest absolute Gasteiger partial charge is 0.208 e. The quantitative estimate of drug-likeness (QED) is 0.707. The Balaban J connectivity index is 2.36. The van der Waals surface area contributed by atoms with Crippen molar-refractivity contribution in [3.05, 3.63) is 36.4 Å². The van der Waals surface area contributed by atoms with E-state index in [9.17, 15) is 0 Å².